The topological polar surface area (TPSA) is 61.6 Å². The van der Waals surface area contributed by atoms with Crippen molar-refractivity contribution in [2.45, 2.75) is 0 Å². The van der Waals surface area contributed by atoms with E-state index in [0.29, 0.717) is 18.6 Å². The summed E-state index contributed by atoms with van der Waals surface area (Å²) in [6, 6.07) is 0. The molecule has 0 spiro atoms. The second-order valence-corrected chi connectivity index (χ2v) is 7.55. The molecule has 0 atom stereocenters. The average Bonchev–Trinajstić information content (AvgIpc) is 2.13. The molecule has 0 saturated heterocycles. The van der Waals surface area contributed by atoms with E-state index < -0.39 is 0 Å². The second kappa shape index (κ2) is 2.10. The third-order valence-electron chi connectivity index (χ3n) is 1.15. The van der Waals surface area contributed by atoms with Crippen molar-refractivity contribution in [1.82, 2.24) is 8.57 Å². The Morgan fingerprint density at radius 1 is 1.70 bits per heavy atom. The van der Waals surface area contributed by atoms with E-state index in [9.17, 15) is 4.79 Å². The van der Waals surface area contributed by atoms with E-state index in [0.717, 1.165) is 4.46 Å². The van der Waals surface area contributed by atoms with Crippen molar-refractivity contribution < 1.29 is 0 Å². The first-order valence-electron chi connectivity index (χ1n) is 2.53. The van der Waals surface area contributed by atoms with Crippen molar-refractivity contribution >= 4 is 30.9 Å². The molecular formula is C4H3N3OSe2. The average molecular weight is 267 g/mol. The molecule has 0 amide bonds. The van der Waals surface area contributed by atoms with Gasteiger partial charge in [-0.1, -0.05) is 0 Å². The van der Waals surface area contributed by atoms with Crippen molar-refractivity contribution in [1.29, 1.82) is 5.41 Å². The zero-order chi connectivity index (χ0) is 7.14. The normalized spacial score (nSPS) is 14.0. The summed E-state index contributed by atoms with van der Waals surface area (Å²) in [5.74, 6) is 0. The number of H-pyrrole nitrogens is 1. The van der Waals surface area contributed by atoms with E-state index in [1.807, 2.05) is 0 Å². The van der Waals surface area contributed by atoms with Crippen LogP contribution in [-0.2, 0) is 0 Å². The van der Waals surface area contributed by atoms with E-state index in [2.05, 4.69) is 4.98 Å². The summed E-state index contributed by atoms with van der Waals surface area (Å²) in [5, 5.41) is 7.42. The standard InChI is InChI=1S/C4H3N3OSe2/c5-3-2-1-6-4(8)7(3)10-9-2/h1,5H,(H,6,8). The molecule has 4 nitrogen and oxygen atoms in total. The molecule has 0 unspecified atom stereocenters. The van der Waals surface area contributed by atoms with Crippen LogP contribution in [0.4, 0.5) is 0 Å². The van der Waals surface area contributed by atoms with Crippen LogP contribution in [0.2, 0.25) is 0 Å². The number of hydrogen-bond donors (Lipinski definition) is 2. The zero-order valence-electron chi connectivity index (χ0n) is 4.75. The molecule has 52 valence electrons. The van der Waals surface area contributed by atoms with Crippen molar-refractivity contribution in [2.24, 2.45) is 0 Å². The minimum absolute atomic E-state index is 0.131. The number of aromatic nitrogens is 2. The van der Waals surface area contributed by atoms with Gasteiger partial charge in [-0.3, -0.25) is 0 Å². The quantitative estimate of drug-likeness (QED) is 0.497. The van der Waals surface area contributed by atoms with Gasteiger partial charge in [-0.05, 0) is 0 Å². The molecular weight excluding hydrogens is 264 g/mol. The maximum atomic E-state index is 10.9. The SMILES string of the molecule is N=c1c2c[nH]c(=O)n1[Se][Se]2. The molecule has 0 aliphatic carbocycles. The molecule has 2 rings (SSSR count). The Morgan fingerprint density at radius 3 is 3.20 bits per heavy atom. The van der Waals surface area contributed by atoms with Gasteiger partial charge >= 0.3 is 67.1 Å². The van der Waals surface area contributed by atoms with Gasteiger partial charge in [0.2, 0.25) is 0 Å². The summed E-state index contributed by atoms with van der Waals surface area (Å²) >= 11 is 0.569. The fraction of sp³-hybridized carbons (Fsp3) is 0. The van der Waals surface area contributed by atoms with Gasteiger partial charge in [-0.25, -0.2) is 0 Å². The Kier molecular flexibility index (Phi) is 1.35. The van der Waals surface area contributed by atoms with Gasteiger partial charge in [0.25, 0.3) is 0 Å². The molecule has 1 aliphatic heterocycles. The number of nitrogens with zero attached hydrogens (tertiary/aromatic N) is 1. The van der Waals surface area contributed by atoms with E-state index in [1.165, 1.54) is 3.58 Å². The number of aromatic amines is 1. The van der Waals surface area contributed by atoms with Crippen LogP contribution in [0.5, 0.6) is 0 Å². The maximum absolute atomic E-state index is 10.9. The molecule has 1 aromatic rings. The minimum atomic E-state index is -0.131. The zero-order valence-corrected chi connectivity index (χ0v) is 8.18. The van der Waals surface area contributed by atoms with Crippen LogP contribution in [0, 0.1) is 5.41 Å². The summed E-state index contributed by atoms with van der Waals surface area (Å²) in [5.41, 5.74) is 0.289. The molecule has 6 heteroatoms. The van der Waals surface area contributed by atoms with Gasteiger partial charge in [0.05, 0.1) is 0 Å². The van der Waals surface area contributed by atoms with Crippen molar-refractivity contribution in [3.05, 3.63) is 22.2 Å². The fourth-order valence-corrected chi connectivity index (χ4v) is 7.11. The number of rotatable bonds is 0. The Bertz CT molecular complexity index is 379. The Labute approximate surface area is 67.2 Å². The van der Waals surface area contributed by atoms with Crippen molar-refractivity contribution in [2.75, 3.05) is 0 Å². The third kappa shape index (κ3) is 0.739. The molecule has 0 radical (unpaired) electrons. The van der Waals surface area contributed by atoms with Crippen LogP contribution < -0.4 is 15.6 Å². The van der Waals surface area contributed by atoms with Gasteiger partial charge in [0, 0.05) is 0 Å². The Morgan fingerprint density at radius 2 is 2.50 bits per heavy atom. The summed E-state index contributed by atoms with van der Waals surface area (Å²) < 4.78 is 2.55. The first-order chi connectivity index (χ1) is 4.79. The van der Waals surface area contributed by atoms with Gasteiger partial charge in [-0.15, -0.1) is 0 Å². The predicted octanol–water partition coefficient (Wildman–Crippen LogP) is -2.62. The van der Waals surface area contributed by atoms with E-state index in [4.69, 9.17) is 5.41 Å². The van der Waals surface area contributed by atoms with E-state index in [1.54, 1.807) is 6.20 Å². The Balaban J connectivity index is 2.98. The van der Waals surface area contributed by atoms with Gasteiger partial charge in [-0.2, -0.15) is 0 Å². The monoisotopic (exact) mass is 269 g/mol. The van der Waals surface area contributed by atoms with Crippen LogP contribution >= 0.6 is 0 Å². The van der Waals surface area contributed by atoms with E-state index >= 15 is 0 Å². The predicted molar refractivity (Wildman–Crippen MR) is 37.4 cm³/mol. The molecule has 2 heterocycles. The molecule has 2 bridgehead atoms. The van der Waals surface area contributed by atoms with Crippen LogP contribution in [0.25, 0.3) is 0 Å². The first kappa shape index (κ1) is 6.43. The summed E-state index contributed by atoms with van der Waals surface area (Å²) in [6.07, 6.45) is 1.66. The first-order valence-corrected chi connectivity index (χ1v) is 8.49. The third-order valence-corrected chi connectivity index (χ3v) is 7.77. The molecule has 1 aromatic heterocycles. The van der Waals surface area contributed by atoms with Crippen LogP contribution in [0.15, 0.2) is 11.0 Å². The van der Waals surface area contributed by atoms with Crippen LogP contribution in [0.1, 0.15) is 0 Å². The van der Waals surface area contributed by atoms with Gasteiger partial charge < -0.3 is 0 Å². The van der Waals surface area contributed by atoms with E-state index in [-0.39, 0.29) is 19.0 Å². The van der Waals surface area contributed by atoms with Gasteiger partial charge in [0.1, 0.15) is 0 Å². The molecule has 0 aromatic carbocycles. The van der Waals surface area contributed by atoms with Gasteiger partial charge in [0.15, 0.2) is 0 Å². The van der Waals surface area contributed by atoms with Crippen LogP contribution in [0.3, 0.4) is 0 Å². The second-order valence-electron chi connectivity index (χ2n) is 1.76. The Hall–Kier alpha value is -0.281. The molecule has 0 fully saturated rings. The molecule has 10 heavy (non-hydrogen) atoms. The molecule has 0 saturated carbocycles. The molecule has 1 aliphatic rings. The summed E-state index contributed by atoms with van der Waals surface area (Å²) in [7, 11) is 0. The number of hydrogen-bond acceptors (Lipinski definition) is 2. The van der Waals surface area contributed by atoms with Crippen molar-refractivity contribution in [3.8, 4) is 0 Å². The summed E-state index contributed by atoms with van der Waals surface area (Å²) in [4.78, 5) is 13.5. The van der Waals surface area contributed by atoms with Crippen molar-refractivity contribution in [3.63, 3.8) is 0 Å². The fourth-order valence-electron chi connectivity index (χ4n) is 0.668. The summed E-state index contributed by atoms with van der Waals surface area (Å²) in [6.45, 7) is 0. The number of fused-ring (bicyclic) bond motifs is 2. The van der Waals surface area contributed by atoms with Crippen LogP contribution in [-0.4, -0.2) is 35.0 Å². The number of nitrogens with one attached hydrogen (secondary N) is 2. The molecule has 2 N–H and O–H groups in total.